The van der Waals surface area contributed by atoms with Gasteiger partial charge < -0.3 is 54.2 Å². The minimum atomic E-state index is -2.34. The molecule has 5 aliphatic heterocycles. The van der Waals surface area contributed by atoms with E-state index < -0.39 is 57.4 Å². The number of urea groups is 1. The Morgan fingerprint density at radius 2 is 1.61 bits per heavy atom. The van der Waals surface area contributed by atoms with Crippen molar-refractivity contribution in [1.29, 1.82) is 0 Å². The number of rotatable bonds is 10. The predicted molar refractivity (Wildman–Crippen MR) is 263 cm³/mol. The van der Waals surface area contributed by atoms with Gasteiger partial charge in [0.2, 0.25) is 5.60 Å². The monoisotopic (exact) mass is 958 g/mol. The van der Waals surface area contributed by atoms with Crippen molar-refractivity contribution in [2.24, 2.45) is 11.3 Å². The molecular weight excluding hydrogens is 893 g/mol. The van der Waals surface area contributed by atoms with Gasteiger partial charge in [0.15, 0.2) is 6.10 Å². The van der Waals surface area contributed by atoms with E-state index in [4.69, 9.17) is 23.7 Å². The molecular formula is C54H66N6O10. The van der Waals surface area contributed by atoms with Crippen LogP contribution in [0.3, 0.4) is 0 Å². The van der Waals surface area contributed by atoms with Crippen molar-refractivity contribution in [2.45, 2.75) is 99.5 Å². The van der Waals surface area contributed by atoms with E-state index in [1.807, 2.05) is 61.3 Å². The number of likely N-dealkylation sites (N-methyl/N-ethyl adjacent to an activating group) is 1. The molecule has 10 atom stereocenters. The molecule has 2 bridgehead atoms. The SMILES string of the molecule is CC[C@]1(NC(=O)Nc2ccccc2OC)C[C@@H]2CN(CCc3c([nH]c4ccccc34)[C@@](C(=O)OC)(c3cc4c(cc3OC)N(C)[C@H]3[C@@](O)(C(=O)OC)[C@H](OC(C)=O)[C@]5(CC)C=CCN6CC[C@]43[C@@H]65)C2)C1. The smallest absolute Gasteiger partial charge is 0.344 e. The summed E-state index contributed by atoms with van der Waals surface area (Å²) >= 11 is 0. The summed E-state index contributed by atoms with van der Waals surface area (Å²) in [5.74, 6) is -1.17. The molecule has 1 spiro atoms. The molecule has 0 radical (unpaired) electrons. The number of anilines is 2. The van der Waals surface area contributed by atoms with Crippen molar-refractivity contribution in [1.82, 2.24) is 20.1 Å². The molecule has 1 aromatic heterocycles. The predicted octanol–water partition coefficient (Wildman–Crippen LogP) is 5.83. The Kier molecular flexibility index (Phi) is 11.8. The van der Waals surface area contributed by atoms with Crippen molar-refractivity contribution in [2.75, 3.05) is 78.4 Å². The maximum atomic E-state index is 15.7. The average Bonchev–Trinajstić information content (AvgIpc) is 4.03. The van der Waals surface area contributed by atoms with Gasteiger partial charge in [0.05, 0.1) is 45.7 Å². The second kappa shape index (κ2) is 17.3. The highest BCUT2D eigenvalue weighted by atomic mass is 16.6. The quantitative estimate of drug-likeness (QED) is 0.0848. The summed E-state index contributed by atoms with van der Waals surface area (Å²) in [5, 5.41) is 20.9. The van der Waals surface area contributed by atoms with Crippen LogP contribution in [0.2, 0.25) is 0 Å². The zero-order valence-corrected chi connectivity index (χ0v) is 41.5. The van der Waals surface area contributed by atoms with Crippen molar-refractivity contribution in [3.8, 4) is 11.5 Å². The standard InChI is InChI=1S/C54H66N6O10/c1-9-50(57-49(64)56-39-18-13-14-19-41(39)66-5)28-33-29-53(47(62)68-7,43-35(20-24-59(30-33)31-50)34-16-11-12-17-38(34)55-43)37-26-36-40(27-42(37)67-6)58(4)45-52(36)22-25-60-23-15-21-51(10-2,44(52)60)46(70-32(3)61)54(45,65)48(63)69-8/h11-19,21,26-27,33,44-46,55,65H,9-10,20,22-25,28-31H2,1-8H3,(H2,56,57,64)/t33-,44-,45+,46+,50-,51+,52+,53-,54-/m0/s1. The number of methoxy groups -OCH3 is 4. The molecule has 372 valence electrons. The minimum Gasteiger partial charge on any atom is -0.496 e. The normalized spacial score (nSPS) is 32.8. The summed E-state index contributed by atoms with van der Waals surface area (Å²) < 4.78 is 29.8. The molecule has 1 aliphatic carbocycles. The number of nitrogens with zero attached hydrogens (tertiary/aromatic N) is 3. The lowest BCUT2D eigenvalue weighted by molar-refractivity contribution is -0.228. The van der Waals surface area contributed by atoms with Gasteiger partial charge in [0.25, 0.3) is 0 Å². The topological polar surface area (TPSA) is 184 Å². The number of hydrogen-bond donors (Lipinski definition) is 4. The van der Waals surface area contributed by atoms with E-state index in [-0.39, 0.29) is 24.4 Å². The number of aromatic nitrogens is 1. The van der Waals surface area contributed by atoms with Crippen LogP contribution < -0.4 is 25.0 Å². The maximum Gasteiger partial charge on any atom is 0.344 e. The number of benzene rings is 3. The summed E-state index contributed by atoms with van der Waals surface area (Å²) in [4.78, 5) is 68.1. The van der Waals surface area contributed by atoms with Crippen LogP contribution in [0.15, 0.2) is 72.8 Å². The van der Waals surface area contributed by atoms with Crippen LogP contribution in [-0.2, 0) is 45.8 Å². The van der Waals surface area contributed by atoms with E-state index in [1.165, 1.54) is 21.1 Å². The first-order valence-corrected chi connectivity index (χ1v) is 24.6. The molecule has 1 saturated carbocycles. The molecule has 16 heteroatoms. The second-order valence-electron chi connectivity index (χ2n) is 20.5. The largest absolute Gasteiger partial charge is 0.496 e. The molecule has 6 heterocycles. The number of carbonyl (C=O) groups is 4. The van der Waals surface area contributed by atoms with Crippen LogP contribution in [0, 0.1) is 11.3 Å². The Balaban J connectivity index is 1.19. The van der Waals surface area contributed by atoms with Crippen molar-refractivity contribution < 1.29 is 48.0 Å². The van der Waals surface area contributed by atoms with Crippen LogP contribution in [-0.4, -0.2) is 141 Å². The lowest BCUT2D eigenvalue weighted by atomic mass is 9.47. The number of aromatic amines is 1. The van der Waals surface area contributed by atoms with E-state index >= 15 is 4.79 Å². The van der Waals surface area contributed by atoms with E-state index in [0.717, 1.165) is 33.4 Å². The fraction of sp³-hybridized carbons (Fsp3) is 0.519. The van der Waals surface area contributed by atoms with E-state index in [1.54, 1.807) is 26.4 Å². The molecule has 2 amide bonds. The van der Waals surface area contributed by atoms with Crippen LogP contribution >= 0.6 is 0 Å². The number of piperidine rings is 1. The van der Waals surface area contributed by atoms with Gasteiger partial charge in [0, 0.05) is 90.9 Å². The Bertz CT molecular complexity index is 2790. The molecule has 3 fully saturated rings. The van der Waals surface area contributed by atoms with Gasteiger partial charge in [-0.2, -0.15) is 0 Å². The molecule has 10 rings (SSSR count). The number of ether oxygens (including phenoxy) is 5. The van der Waals surface area contributed by atoms with Crippen LogP contribution in [0.4, 0.5) is 16.2 Å². The van der Waals surface area contributed by atoms with E-state index in [9.17, 15) is 19.5 Å². The van der Waals surface area contributed by atoms with Crippen molar-refractivity contribution >= 4 is 46.2 Å². The maximum absolute atomic E-state index is 15.7. The third kappa shape index (κ3) is 6.64. The zero-order chi connectivity index (χ0) is 49.5. The van der Waals surface area contributed by atoms with Gasteiger partial charge in [-0.1, -0.05) is 56.3 Å². The number of para-hydroxylation sites is 3. The van der Waals surface area contributed by atoms with Crippen LogP contribution in [0.25, 0.3) is 10.9 Å². The fourth-order valence-corrected chi connectivity index (χ4v) is 14.9. The second-order valence-corrected chi connectivity index (χ2v) is 20.5. The Labute approximate surface area is 409 Å². The molecule has 1 unspecified atom stereocenters. The molecule has 16 nitrogen and oxygen atoms in total. The summed E-state index contributed by atoms with van der Waals surface area (Å²) in [7, 11) is 7.71. The lowest BCUT2D eigenvalue weighted by Gasteiger charge is -2.63. The number of nitrogens with one attached hydrogen (secondary N) is 3. The van der Waals surface area contributed by atoms with Gasteiger partial charge in [-0.3, -0.25) is 14.5 Å². The van der Waals surface area contributed by atoms with Gasteiger partial charge in [-0.15, -0.1) is 0 Å². The number of amides is 2. The molecule has 6 aliphatic rings. The first kappa shape index (κ1) is 47.6. The van der Waals surface area contributed by atoms with Crippen LogP contribution in [0.1, 0.15) is 75.3 Å². The van der Waals surface area contributed by atoms with Crippen molar-refractivity contribution in [3.63, 3.8) is 0 Å². The Morgan fingerprint density at radius 3 is 2.33 bits per heavy atom. The Hall–Kier alpha value is -6.10. The lowest BCUT2D eigenvalue weighted by Crippen LogP contribution is -2.81. The molecule has 3 aromatic carbocycles. The highest BCUT2D eigenvalue weighted by Crippen LogP contribution is 2.68. The minimum absolute atomic E-state index is 0.162. The third-order valence-electron chi connectivity index (χ3n) is 17.4. The van der Waals surface area contributed by atoms with Gasteiger partial charge in [0.1, 0.15) is 16.9 Å². The summed E-state index contributed by atoms with van der Waals surface area (Å²) in [6, 6.07) is 17.8. The number of hydrogen-bond acceptors (Lipinski definition) is 13. The highest BCUT2D eigenvalue weighted by Gasteiger charge is 2.80. The highest BCUT2D eigenvalue weighted by molar-refractivity contribution is 5.95. The van der Waals surface area contributed by atoms with E-state index in [0.29, 0.717) is 87.6 Å². The first-order valence-electron chi connectivity index (χ1n) is 24.6. The van der Waals surface area contributed by atoms with Crippen molar-refractivity contribution in [3.05, 3.63) is 95.2 Å². The fourth-order valence-electron chi connectivity index (χ4n) is 14.9. The molecule has 70 heavy (non-hydrogen) atoms. The first-order chi connectivity index (χ1) is 33.6. The van der Waals surface area contributed by atoms with Crippen LogP contribution in [0.5, 0.6) is 11.5 Å². The number of esters is 3. The number of H-pyrrole nitrogens is 1. The summed E-state index contributed by atoms with van der Waals surface area (Å²) in [5.41, 5.74) is -1.19. The third-order valence-corrected chi connectivity index (χ3v) is 17.4. The van der Waals surface area contributed by atoms with E-state index in [2.05, 4.69) is 50.5 Å². The number of aliphatic hydroxyl groups is 1. The van der Waals surface area contributed by atoms with Gasteiger partial charge in [-0.25, -0.2) is 9.59 Å². The van der Waals surface area contributed by atoms with Gasteiger partial charge in [-0.05, 0) is 86.4 Å². The molecule has 4 aromatic rings. The number of carbonyl (C=O) groups excluding carboxylic acids is 4. The Morgan fingerprint density at radius 1 is 0.871 bits per heavy atom. The average molecular weight is 959 g/mol. The van der Waals surface area contributed by atoms with Gasteiger partial charge >= 0.3 is 23.9 Å². The molecule has 4 N–H and O–H groups in total. The summed E-state index contributed by atoms with van der Waals surface area (Å²) in [6.45, 7) is 8.59. The zero-order valence-electron chi connectivity index (χ0n) is 41.5. The summed E-state index contributed by atoms with van der Waals surface area (Å²) in [6.07, 6.45) is 5.84. The number of fused-ring (bicyclic) bond motifs is 6. The molecule has 2 saturated heterocycles.